The van der Waals surface area contributed by atoms with Crippen LogP contribution in [0.15, 0.2) is 66.9 Å². The third-order valence-electron chi connectivity index (χ3n) is 4.41. The van der Waals surface area contributed by atoms with Crippen LogP contribution < -0.4 is 10.6 Å². The molecule has 28 heavy (non-hydrogen) atoms. The lowest BCUT2D eigenvalue weighted by Gasteiger charge is -2.11. The second-order valence-corrected chi connectivity index (χ2v) is 6.47. The molecule has 146 valence electrons. The van der Waals surface area contributed by atoms with Crippen LogP contribution in [-0.2, 0) is 11.3 Å². The highest BCUT2D eigenvalue weighted by molar-refractivity contribution is 5.82. The van der Waals surface area contributed by atoms with Gasteiger partial charge >= 0.3 is 0 Å². The zero-order valence-electron chi connectivity index (χ0n) is 15.8. The molecule has 0 atom stereocenters. The standard InChI is InChI=1S/C22H26N4O2/c27-15-14-23-12-7-13-24-21(28)17-26-22(19-10-5-2-6-11-19)20(16-25-26)18-8-3-1-4-9-18/h1-6,8-11,16,23,27H,7,12-15,17H2,(H,24,28). The summed E-state index contributed by atoms with van der Waals surface area (Å²) in [4.78, 5) is 12.4. The SMILES string of the molecule is O=C(Cn1ncc(-c2ccccc2)c1-c1ccccc1)NCCCNCCO. The number of hydrogen-bond acceptors (Lipinski definition) is 4. The topological polar surface area (TPSA) is 79.2 Å². The molecule has 0 saturated heterocycles. The Morgan fingerprint density at radius 1 is 0.929 bits per heavy atom. The van der Waals surface area contributed by atoms with Crippen LogP contribution in [0.1, 0.15) is 6.42 Å². The van der Waals surface area contributed by atoms with E-state index in [4.69, 9.17) is 5.11 Å². The van der Waals surface area contributed by atoms with E-state index < -0.39 is 0 Å². The number of aliphatic hydroxyl groups is 1. The maximum Gasteiger partial charge on any atom is 0.241 e. The van der Waals surface area contributed by atoms with Crippen LogP contribution in [0.2, 0.25) is 0 Å². The predicted molar refractivity (Wildman–Crippen MR) is 111 cm³/mol. The fourth-order valence-electron chi connectivity index (χ4n) is 3.07. The van der Waals surface area contributed by atoms with Crippen molar-refractivity contribution in [3.05, 3.63) is 66.9 Å². The number of rotatable bonds is 10. The lowest BCUT2D eigenvalue weighted by molar-refractivity contribution is -0.121. The van der Waals surface area contributed by atoms with Crippen LogP contribution in [0.3, 0.4) is 0 Å². The molecule has 6 nitrogen and oxygen atoms in total. The number of aliphatic hydroxyl groups excluding tert-OH is 1. The molecular weight excluding hydrogens is 352 g/mol. The molecule has 3 N–H and O–H groups in total. The summed E-state index contributed by atoms with van der Waals surface area (Å²) < 4.78 is 1.76. The van der Waals surface area contributed by atoms with E-state index in [-0.39, 0.29) is 19.1 Å². The van der Waals surface area contributed by atoms with Gasteiger partial charge < -0.3 is 15.7 Å². The van der Waals surface area contributed by atoms with Gasteiger partial charge in [-0.2, -0.15) is 5.10 Å². The molecule has 3 rings (SSSR count). The Morgan fingerprint density at radius 3 is 2.29 bits per heavy atom. The molecular formula is C22H26N4O2. The molecule has 0 radical (unpaired) electrons. The van der Waals surface area contributed by atoms with Crippen LogP contribution >= 0.6 is 0 Å². The monoisotopic (exact) mass is 378 g/mol. The molecule has 0 bridgehead atoms. The molecule has 2 aromatic carbocycles. The number of nitrogens with one attached hydrogen (secondary N) is 2. The van der Waals surface area contributed by atoms with Crippen molar-refractivity contribution in [1.29, 1.82) is 0 Å². The number of carbonyl (C=O) groups is 1. The first-order valence-electron chi connectivity index (χ1n) is 9.54. The van der Waals surface area contributed by atoms with Gasteiger partial charge in [0.1, 0.15) is 6.54 Å². The Balaban J connectivity index is 1.73. The number of hydrogen-bond donors (Lipinski definition) is 3. The minimum Gasteiger partial charge on any atom is -0.395 e. The van der Waals surface area contributed by atoms with E-state index in [1.165, 1.54) is 0 Å². The summed E-state index contributed by atoms with van der Waals surface area (Å²) in [5.74, 6) is -0.0675. The summed E-state index contributed by atoms with van der Waals surface area (Å²) in [6.45, 7) is 2.21. The van der Waals surface area contributed by atoms with E-state index in [0.717, 1.165) is 35.3 Å². The summed E-state index contributed by atoms with van der Waals surface area (Å²) in [5.41, 5.74) is 4.04. The van der Waals surface area contributed by atoms with E-state index in [0.29, 0.717) is 13.1 Å². The van der Waals surface area contributed by atoms with Gasteiger partial charge in [0.15, 0.2) is 0 Å². The van der Waals surface area contributed by atoms with Crippen LogP contribution in [0, 0.1) is 0 Å². The Hall–Kier alpha value is -2.96. The van der Waals surface area contributed by atoms with Crippen LogP contribution in [0.5, 0.6) is 0 Å². The second kappa shape index (κ2) is 10.4. The molecule has 0 aliphatic carbocycles. The molecule has 3 aromatic rings. The van der Waals surface area contributed by atoms with Crippen LogP contribution in [0.4, 0.5) is 0 Å². The summed E-state index contributed by atoms with van der Waals surface area (Å²) in [5, 5.41) is 19.3. The van der Waals surface area contributed by atoms with Gasteiger partial charge in [-0.15, -0.1) is 0 Å². The third-order valence-corrected chi connectivity index (χ3v) is 4.41. The molecule has 0 saturated carbocycles. The van der Waals surface area contributed by atoms with Gasteiger partial charge in [-0.05, 0) is 18.5 Å². The molecule has 1 amide bonds. The van der Waals surface area contributed by atoms with Gasteiger partial charge in [0.25, 0.3) is 0 Å². The Bertz CT molecular complexity index is 863. The molecule has 6 heteroatoms. The van der Waals surface area contributed by atoms with Gasteiger partial charge in [0, 0.05) is 24.2 Å². The molecule has 1 heterocycles. The average Bonchev–Trinajstić information content (AvgIpc) is 3.15. The van der Waals surface area contributed by atoms with Crippen molar-refractivity contribution < 1.29 is 9.90 Å². The Morgan fingerprint density at radius 2 is 1.61 bits per heavy atom. The first-order valence-corrected chi connectivity index (χ1v) is 9.54. The van der Waals surface area contributed by atoms with Crippen molar-refractivity contribution in [3.63, 3.8) is 0 Å². The highest BCUT2D eigenvalue weighted by Gasteiger charge is 2.16. The zero-order valence-corrected chi connectivity index (χ0v) is 15.8. The normalized spacial score (nSPS) is 10.8. The number of aromatic nitrogens is 2. The molecule has 1 aromatic heterocycles. The second-order valence-electron chi connectivity index (χ2n) is 6.47. The van der Waals surface area contributed by atoms with E-state index in [9.17, 15) is 4.79 Å². The molecule has 0 spiro atoms. The van der Waals surface area contributed by atoms with Crippen molar-refractivity contribution in [1.82, 2.24) is 20.4 Å². The van der Waals surface area contributed by atoms with Gasteiger partial charge in [-0.25, -0.2) is 0 Å². The number of amides is 1. The maximum atomic E-state index is 12.4. The highest BCUT2D eigenvalue weighted by Crippen LogP contribution is 2.31. The number of benzene rings is 2. The van der Waals surface area contributed by atoms with E-state index in [2.05, 4.69) is 15.7 Å². The summed E-state index contributed by atoms with van der Waals surface area (Å²) in [6, 6.07) is 20.1. The minimum absolute atomic E-state index is 0.0675. The Kier molecular flexibility index (Phi) is 7.35. The van der Waals surface area contributed by atoms with Gasteiger partial charge in [0.05, 0.1) is 18.5 Å². The fourth-order valence-corrected chi connectivity index (χ4v) is 3.07. The van der Waals surface area contributed by atoms with Crippen LogP contribution in [0.25, 0.3) is 22.4 Å². The van der Waals surface area contributed by atoms with Crippen molar-refractivity contribution >= 4 is 5.91 Å². The largest absolute Gasteiger partial charge is 0.395 e. The lowest BCUT2D eigenvalue weighted by Crippen LogP contribution is -2.31. The summed E-state index contributed by atoms with van der Waals surface area (Å²) in [6.07, 6.45) is 2.63. The Labute approximate surface area is 165 Å². The zero-order chi connectivity index (χ0) is 19.6. The fraction of sp³-hybridized carbons (Fsp3) is 0.273. The molecule has 0 fully saturated rings. The minimum atomic E-state index is -0.0675. The average molecular weight is 378 g/mol. The quantitative estimate of drug-likeness (QED) is 0.473. The molecule has 0 unspecified atom stereocenters. The van der Waals surface area contributed by atoms with Crippen molar-refractivity contribution in [2.45, 2.75) is 13.0 Å². The lowest BCUT2D eigenvalue weighted by atomic mass is 10.0. The van der Waals surface area contributed by atoms with Gasteiger partial charge in [-0.3, -0.25) is 9.48 Å². The maximum absolute atomic E-state index is 12.4. The third kappa shape index (κ3) is 5.28. The van der Waals surface area contributed by atoms with Crippen molar-refractivity contribution in [2.24, 2.45) is 0 Å². The van der Waals surface area contributed by atoms with E-state index in [1.807, 2.05) is 66.9 Å². The van der Waals surface area contributed by atoms with Crippen molar-refractivity contribution in [3.8, 4) is 22.4 Å². The number of carbonyl (C=O) groups excluding carboxylic acids is 1. The van der Waals surface area contributed by atoms with Gasteiger partial charge in [-0.1, -0.05) is 60.7 Å². The first-order chi connectivity index (χ1) is 13.8. The van der Waals surface area contributed by atoms with Crippen molar-refractivity contribution in [2.75, 3.05) is 26.2 Å². The first kappa shape index (κ1) is 19.8. The summed E-state index contributed by atoms with van der Waals surface area (Å²) >= 11 is 0. The van der Waals surface area contributed by atoms with Gasteiger partial charge in [0.2, 0.25) is 5.91 Å². The number of nitrogens with zero attached hydrogens (tertiary/aromatic N) is 2. The smallest absolute Gasteiger partial charge is 0.241 e. The van der Waals surface area contributed by atoms with Crippen LogP contribution in [-0.4, -0.2) is 47.0 Å². The summed E-state index contributed by atoms with van der Waals surface area (Å²) in [7, 11) is 0. The predicted octanol–water partition coefficient (Wildman–Crippen LogP) is 2.31. The van der Waals surface area contributed by atoms with E-state index in [1.54, 1.807) is 4.68 Å². The molecule has 0 aliphatic heterocycles. The van der Waals surface area contributed by atoms with E-state index >= 15 is 0 Å². The highest BCUT2D eigenvalue weighted by atomic mass is 16.3. The molecule has 0 aliphatic rings.